The molecular weight excluding hydrogens is 659 g/mol. The average molecular weight is 692 g/mol. The first-order valence-corrected chi connectivity index (χ1v) is 18.4. The number of furan rings is 1. The number of hydrogen-bond acceptors (Lipinski definition) is 4. The second kappa shape index (κ2) is 11.5. The summed E-state index contributed by atoms with van der Waals surface area (Å²) in [6.07, 6.45) is 0. The Morgan fingerprint density at radius 1 is 0.426 bits per heavy atom. The van der Waals surface area contributed by atoms with Gasteiger partial charge in [-0.25, -0.2) is 15.0 Å². The fraction of sp³-hybridized carbons (Fsp3) is 0.0600. The zero-order valence-corrected chi connectivity index (χ0v) is 29.8. The highest BCUT2D eigenvalue weighted by atomic mass is 16.3. The van der Waals surface area contributed by atoms with Crippen molar-refractivity contribution in [1.29, 1.82) is 0 Å². The topological polar surface area (TPSA) is 51.8 Å². The predicted octanol–water partition coefficient (Wildman–Crippen LogP) is 13.1. The molecule has 4 nitrogen and oxygen atoms in total. The van der Waals surface area contributed by atoms with E-state index in [1.165, 1.54) is 22.3 Å². The molecule has 54 heavy (non-hydrogen) atoms. The molecule has 3 aromatic heterocycles. The Morgan fingerprint density at radius 2 is 1.09 bits per heavy atom. The summed E-state index contributed by atoms with van der Waals surface area (Å²) in [6, 6.07) is 57.4. The zero-order chi connectivity index (χ0) is 36.0. The first kappa shape index (κ1) is 30.7. The highest BCUT2D eigenvalue weighted by molar-refractivity contribution is 6.29. The van der Waals surface area contributed by atoms with Gasteiger partial charge in [0.25, 0.3) is 0 Å². The summed E-state index contributed by atoms with van der Waals surface area (Å²) in [7, 11) is 0. The average Bonchev–Trinajstić information content (AvgIpc) is 3.72. The van der Waals surface area contributed by atoms with Gasteiger partial charge in [-0.1, -0.05) is 141 Å². The van der Waals surface area contributed by atoms with Crippen molar-refractivity contribution in [3.63, 3.8) is 0 Å². The van der Waals surface area contributed by atoms with Crippen LogP contribution in [-0.4, -0.2) is 15.0 Å². The van der Waals surface area contributed by atoms with E-state index in [2.05, 4.69) is 153 Å². The van der Waals surface area contributed by atoms with Crippen molar-refractivity contribution in [2.24, 2.45) is 0 Å². The predicted molar refractivity (Wildman–Crippen MR) is 221 cm³/mol. The third-order valence-corrected chi connectivity index (χ3v) is 11.3. The molecule has 0 saturated heterocycles. The van der Waals surface area contributed by atoms with E-state index in [9.17, 15) is 0 Å². The molecule has 0 radical (unpaired) electrons. The van der Waals surface area contributed by atoms with E-state index in [1.807, 2.05) is 24.3 Å². The number of hydrogen-bond donors (Lipinski definition) is 0. The van der Waals surface area contributed by atoms with E-state index in [1.54, 1.807) is 0 Å². The lowest BCUT2D eigenvalue weighted by atomic mass is 9.82. The number of benzene rings is 7. The van der Waals surface area contributed by atoms with Gasteiger partial charge in [-0.2, -0.15) is 0 Å². The number of aromatic nitrogens is 3. The Labute approximate surface area is 312 Å². The molecule has 0 unspecified atom stereocenters. The van der Waals surface area contributed by atoms with Gasteiger partial charge in [-0.15, -0.1) is 0 Å². The van der Waals surface area contributed by atoms with E-state index in [4.69, 9.17) is 19.4 Å². The molecule has 0 amide bonds. The Bertz CT molecular complexity index is 3120. The zero-order valence-electron chi connectivity index (χ0n) is 29.8. The van der Waals surface area contributed by atoms with Gasteiger partial charge in [0.15, 0.2) is 5.82 Å². The largest absolute Gasteiger partial charge is 0.456 e. The minimum atomic E-state index is -0.0733. The Kier molecular flexibility index (Phi) is 6.56. The Hall–Kier alpha value is -6.91. The van der Waals surface area contributed by atoms with E-state index in [0.717, 1.165) is 82.9 Å². The molecule has 0 spiro atoms. The third kappa shape index (κ3) is 4.53. The first-order chi connectivity index (χ1) is 26.5. The van der Waals surface area contributed by atoms with Crippen LogP contribution in [0.25, 0.3) is 99.9 Å². The Balaban J connectivity index is 1.21. The van der Waals surface area contributed by atoms with Crippen LogP contribution in [0.15, 0.2) is 168 Å². The maximum Gasteiger partial charge on any atom is 0.162 e. The maximum atomic E-state index is 6.42. The van der Waals surface area contributed by atoms with Gasteiger partial charge in [-0.05, 0) is 58.7 Å². The van der Waals surface area contributed by atoms with E-state index < -0.39 is 0 Å². The Morgan fingerprint density at radius 3 is 1.93 bits per heavy atom. The molecule has 1 aliphatic rings. The molecule has 10 aromatic rings. The van der Waals surface area contributed by atoms with Crippen molar-refractivity contribution in [2.45, 2.75) is 19.3 Å². The van der Waals surface area contributed by atoms with E-state index >= 15 is 0 Å². The lowest BCUT2D eigenvalue weighted by molar-refractivity contribution is 0.660. The van der Waals surface area contributed by atoms with Crippen LogP contribution < -0.4 is 0 Å². The molecule has 0 N–H and O–H groups in total. The monoisotopic (exact) mass is 691 g/mol. The van der Waals surface area contributed by atoms with Gasteiger partial charge >= 0.3 is 0 Å². The van der Waals surface area contributed by atoms with Crippen molar-refractivity contribution in [3.8, 4) is 56.3 Å². The first-order valence-electron chi connectivity index (χ1n) is 18.4. The molecule has 11 rings (SSSR count). The minimum absolute atomic E-state index is 0.0733. The number of rotatable bonds is 4. The summed E-state index contributed by atoms with van der Waals surface area (Å²) in [6.45, 7) is 4.63. The summed E-state index contributed by atoms with van der Waals surface area (Å²) < 4.78 is 6.42. The highest BCUT2D eigenvalue weighted by Crippen LogP contribution is 2.50. The maximum absolute atomic E-state index is 6.42. The van der Waals surface area contributed by atoms with Gasteiger partial charge in [0.1, 0.15) is 11.2 Å². The van der Waals surface area contributed by atoms with Gasteiger partial charge < -0.3 is 4.42 Å². The van der Waals surface area contributed by atoms with Crippen LogP contribution in [0.3, 0.4) is 0 Å². The van der Waals surface area contributed by atoms with Crippen molar-refractivity contribution in [2.75, 3.05) is 0 Å². The molecule has 3 heterocycles. The smallest absolute Gasteiger partial charge is 0.162 e. The van der Waals surface area contributed by atoms with Gasteiger partial charge in [-0.3, -0.25) is 0 Å². The second-order valence-corrected chi connectivity index (χ2v) is 14.7. The van der Waals surface area contributed by atoms with Gasteiger partial charge in [0, 0.05) is 54.6 Å². The number of para-hydroxylation sites is 2. The van der Waals surface area contributed by atoms with Crippen LogP contribution in [0.4, 0.5) is 0 Å². The fourth-order valence-corrected chi connectivity index (χ4v) is 8.68. The van der Waals surface area contributed by atoms with Crippen molar-refractivity contribution in [1.82, 2.24) is 15.0 Å². The highest BCUT2D eigenvalue weighted by Gasteiger charge is 2.35. The minimum Gasteiger partial charge on any atom is -0.456 e. The molecule has 4 heteroatoms. The molecule has 0 fully saturated rings. The molecule has 1 aliphatic carbocycles. The second-order valence-electron chi connectivity index (χ2n) is 14.7. The molecular formula is C50H33N3O. The van der Waals surface area contributed by atoms with Crippen LogP contribution in [-0.2, 0) is 5.41 Å². The summed E-state index contributed by atoms with van der Waals surface area (Å²) >= 11 is 0. The van der Waals surface area contributed by atoms with Gasteiger partial charge in [0.05, 0.1) is 22.6 Å². The number of nitrogens with zero attached hydrogens (tertiary/aromatic N) is 3. The summed E-state index contributed by atoms with van der Waals surface area (Å²) in [5.74, 6) is 0.633. The van der Waals surface area contributed by atoms with Crippen LogP contribution in [0.5, 0.6) is 0 Å². The third-order valence-electron chi connectivity index (χ3n) is 11.3. The molecule has 0 bridgehead atoms. The van der Waals surface area contributed by atoms with E-state index in [0.29, 0.717) is 5.82 Å². The summed E-state index contributed by atoms with van der Waals surface area (Å²) in [4.78, 5) is 16.2. The van der Waals surface area contributed by atoms with Crippen molar-refractivity contribution >= 4 is 43.6 Å². The van der Waals surface area contributed by atoms with Crippen LogP contribution in [0.1, 0.15) is 25.0 Å². The van der Waals surface area contributed by atoms with Crippen molar-refractivity contribution < 1.29 is 4.42 Å². The van der Waals surface area contributed by atoms with Crippen LogP contribution in [0.2, 0.25) is 0 Å². The molecule has 0 saturated carbocycles. The lowest BCUT2D eigenvalue weighted by Gasteiger charge is -2.21. The SMILES string of the molecule is CC1(C)c2ccccc2-c2cc(-c3cc(-c4ccccc4)nc(-c4cccc5c4nc(-c4ccccc4)c4ccc6oc7ccccc7c6c45)n3)ccc21. The summed E-state index contributed by atoms with van der Waals surface area (Å²) in [5, 5.41) is 5.39. The van der Waals surface area contributed by atoms with Crippen LogP contribution in [0, 0.1) is 0 Å². The standard InChI is InChI=1S/C50H33N3O/c1-50(2)39-22-11-9-18-33(39)38-28-32(24-26-40(38)50)42-29-41(30-14-5-3-6-15-30)51-49(52-42)37-21-13-20-35-45-36(47(53-48(35)37)31-16-7-4-8-17-31)25-27-44-46(45)34-19-10-12-23-43(34)54-44/h3-29H,1-2H3. The van der Waals surface area contributed by atoms with Crippen molar-refractivity contribution in [3.05, 3.63) is 175 Å². The molecule has 254 valence electrons. The molecule has 0 atom stereocenters. The number of fused-ring (bicyclic) bond motifs is 10. The lowest BCUT2D eigenvalue weighted by Crippen LogP contribution is -2.14. The van der Waals surface area contributed by atoms with Crippen LogP contribution >= 0.6 is 0 Å². The number of pyridine rings is 1. The quantitative estimate of drug-likeness (QED) is 0.172. The van der Waals surface area contributed by atoms with Gasteiger partial charge in [0.2, 0.25) is 0 Å². The molecule has 0 aliphatic heterocycles. The summed E-state index contributed by atoms with van der Waals surface area (Å²) in [5.41, 5.74) is 14.4. The normalized spacial score (nSPS) is 13.1. The van der Waals surface area contributed by atoms with E-state index in [-0.39, 0.29) is 5.41 Å². The fourth-order valence-electron chi connectivity index (χ4n) is 8.68. The molecule has 7 aromatic carbocycles.